The number of hydrogen-bond donors (Lipinski definition) is 1. The molecule has 0 unspecified atom stereocenters. The third kappa shape index (κ3) is 4.84. The number of benzene rings is 1. The van der Waals surface area contributed by atoms with Crippen molar-refractivity contribution in [2.45, 2.75) is 25.7 Å². The number of likely N-dealkylation sites (tertiary alicyclic amines) is 1. The first-order valence-corrected chi connectivity index (χ1v) is 11.0. The van der Waals surface area contributed by atoms with Crippen molar-refractivity contribution in [3.8, 4) is 11.1 Å². The molecule has 2 aromatic heterocycles. The minimum absolute atomic E-state index is 0.0148. The van der Waals surface area contributed by atoms with Gasteiger partial charge in [-0.05, 0) is 43.5 Å². The van der Waals surface area contributed by atoms with Crippen LogP contribution in [0.25, 0.3) is 11.1 Å². The number of aryl methyl sites for hydroxylation is 1. The van der Waals surface area contributed by atoms with E-state index in [-0.39, 0.29) is 5.91 Å². The lowest BCUT2D eigenvalue weighted by Gasteiger charge is -2.32. The number of nitrogens with two attached hydrogens (primary N) is 1. The Kier molecular flexibility index (Phi) is 6.35. The fourth-order valence-electron chi connectivity index (χ4n) is 4.07. The van der Waals surface area contributed by atoms with Crippen LogP contribution in [0.4, 0.5) is 5.95 Å². The van der Waals surface area contributed by atoms with E-state index in [1.807, 2.05) is 55.2 Å². The van der Waals surface area contributed by atoms with Crippen LogP contribution < -0.4 is 10.6 Å². The largest absolute Gasteiger partial charge is 0.366 e. The van der Waals surface area contributed by atoms with Crippen LogP contribution in [0.5, 0.6) is 0 Å². The summed E-state index contributed by atoms with van der Waals surface area (Å²) < 4.78 is 0. The van der Waals surface area contributed by atoms with Crippen LogP contribution in [0.2, 0.25) is 0 Å². The number of carbonyl (C=O) groups is 2. The minimum Gasteiger partial charge on any atom is -0.366 e. The van der Waals surface area contributed by atoms with Gasteiger partial charge < -0.3 is 15.5 Å². The highest BCUT2D eigenvalue weighted by Crippen LogP contribution is 2.29. The number of primary amides is 1. The molecule has 1 fully saturated rings. The highest BCUT2D eigenvalue weighted by molar-refractivity contribution is 5.95. The molecule has 170 valence electrons. The molecule has 8 nitrogen and oxygen atoms in total. The van der Waals surface area contributed by atoms with Gasteiger partial charge in [0.2, 0.25) is 11.9 Å². The molecule has 0 radical (unpaired) electrons. The summed E-state index contributed by atoms with van der Waals surface area (Å²) in [5, 5.41) is 0. The van der Waals surface area contributed by atoms with Crippen LogP contribution in [-0.2, 0) is 0 Å². The van der Waals surface area contributed by atoms with Crippen LogP contribution in [0.3, 0.4) is 0 Å². The molecular weight excluding hydrogens is 416 g/mol. The third-order valence-electron chi connectivity index (χ3n) is 6.09. The quantitative estimate of drug-likeness (QED) is 0.648. The highest BCUT2D eigenvalue weighted by atomic mass is 16.2. The molecule has 33 heavy (non-hydrogen) atoms. The van der Waals surface area contributed by atoms with Crippen LogP contribution in [-0.4, -0.2) is 58.9 Å². The van der Waals surface area contributed by atoms with Gasteiger partial charge in [0.1, 0.15) is 0 Å². The SMILES string of the molecule is Cc1nc(N(C)C)ncc1C(=O)N1CCC(c2ccc(-c3ccc(C(N)=O)cc3)cn2)CC1. The summed E-state index contributed by atoms with van der Waals surface area (Å²) in [5.41, 5.74) is 10.1. The number of amides is 2. The fourth-order valence-corrected chi connectivity index (χ4v) is 4.07. The number of rotatable bonds is 5. The number of hydrogen-bond acceptors (Lipinski definition) is 6. The molecule has 0 atom stereocenters. The van der Waals surface area contributed by atoms with Gasteiger partial charge in [-0.1, -0.05) is 18.2 Å². The zero-order chi connectivity index (χ0) is 23.5. The maximum absolute atomic E-state index is 13.0. The van der Waals surface area contributed by atoms with Gasteiger partial charge >= 0.3 is 0 Å². The Morgan fingerprint density at radius 2 is 1.64 bits per heavy atom. The van der Waals surface area contributed by atoms with Gasteiger partial charge in [-0.15, -0.1) is 0 Å². The van der Waals surface area contributed by atoms with E-state index in [0.29, 0.717) is 41.8 Å². The average molecular weight is 445 g/mol. The minimum atomic E-state index is -0.437. The predicted octanol–water partition coefficient (Wildman–Crippen LogP) is 3.03. The second-order valence-corrected chi connectivity index (χ2v) is 8.54. The summed E-state index contributed by atoms with van der Waals surface area (Å²) in [6, 6.07) is 11.3. The van der Waals surface area contributed by atoms with Crippen molar-refractivity contribution in [2.75, 3.05) is 32.1 Å². The topological polar surface area (TPSA) is 105 Å². The molecule has 1 aliphatic rings. The van der Waals surface area contributed by atoms with Crippen molar-refractivity contribution in [1.82, 2.24) is 19.9 Å². The summed E-state index contributed by atoms with van der Waals surface area (Å²) in [4.78, 5) is 41.4. The van der Waals surface area contributed by atoms with Crippen molar-refractivity contribution >= 4 is 17.8 Å². The number of carbonyl (C=O) groups excluding carboxylic acids is 2. The molecular formula is C25H28N6O2. The smallest absolute Gasteiger partial charge is 0.257 e. The van der Waals surface area contributed by atoms with E-state index >= 15 is 0 Å². The Bertz CT molecular complexity index is 1150. The molecule has 1 aromatic carbocycles. The molecule has 3 heterocycles. The Balaban J connectivity index is 1.38. The lowest BCUT2D eigenvalue weighted by Crippen LogP contribution is -2.38. The van der Waals surface area contributed by atoms with Gasteiger partial charge in [-0.3, -0.25) is 14.6 Å². The van der Waals surface area contributed by atoms with Crippen molar-refractivity contribution in [3.63, 3.8) is 0 Å². The van der Waals surface area contributed by atoms with Gasteiger partial charge in [0.25, 0.3) is 5.91 Å². The van der Waals surface area contributed by atoms with Gasteiger partial charge in [-0.2, -0.15) is 0 Å². The van der Waals surface area contributed by atoms with E-state index < -0.39 is 5.91 Å². The predicted molar refractivity (Wildman–Crippen MR) is 127 cm³/mol. The molecule has 0 spiro atoms. The second-order valence-electron chi connectivity index (χ2n) is 8.54. The van der Waals surface area contributed by atoms with Gasteiger partial charge in [0, 0.05) is 62.3 Å². The van der Waals surface area contributed by atoms with Crippen molar-refractivity contribution in [3.05, 3.63) is 71.3 Å². The number of pyridine rings is 1. The lowest BCUT2D eigenvalue weighted by molar-refractivity contribution is 0.0710. The molecule has 0 bridgehead atoms. The van der Waals surface area contributed by atoms with Crippen molar-refractivity contribution < 1.29 is 9.59 Å². The number of anilines is 1. The van der Waals surface area contributed by atoms with Gasteiger partial charge in [0.05, 0.1) is 11.3 Å². The molecule has 1 saturated heterocycles. The fraction of sp³-hybridized carbons (Fsp3) is 0.320. The zero-order valence-electron chi connectivity index (χ0n) is 19.2. The first-order chi connectivity index (χ1) is 15.8. The van der Waals surface area contributed by atoms with Crippen LogP contribution in [0, 0.1) is 6.92 Å². The lowest BCUT2D eigenvalue weighted by atomic mass is 9.92. The van der Waals surface area contributed by atoms with Crippen LogP contribution in [0.15, 0.2) is 48.8 Å². The molecule has 0 saturated carbocycles. The molecule has 1 aliphatic heterocycles. The Morgan fingerprint density at radius 3 is 2.18 bits per heavy atom. The number of piperidine rings is 1. The maximum Gasteiger partial charge on any atom is 0.257 e. The van der Waals surface area contributed by atoms with Crippen molar-refractivity contribution in [1.29, 1.82) is 0 Å². The van der Waals surface area contributed by atoms with E-state index in [1.54, 1.807) is 18.3 Å². The summed E-state index contributed by atoms with van der Waals surface area (Å²) in [5.74, 6) is 0.460. The number of aromatic nitrogens is 3. The monoisotopic (exact) mass is 444 g/mol. The molecule has 2 N–H and O–H groups in total. The Labute approximate surface area is 193 Å². The summed E-state index contributed by atoms with van der Waals surface area (Å²) >= 11 is 0. The molecule has 8 heteroatoms. The van der Waals surface area contributed by atoms with E-state index in [4.69, 9.17) is 5.73 Å². The second kappa shape index (κ2) is 9.36. The standard InChI is InChI=1S/C25H28N6O2/c1-16-21(15-28-25(29-16)30(2)3)24(33)31-12-10-18(11-13-31)22-9-8-20(14-27-22)17-4-6-19(7-5-17)23(26)32/h4-9,14-15,18H,10-13H2,1-3H3,(H2,26,32). The molecule has 2 amide bonds. The summed E-state index contributed by atoms with van der Waals surface area (Å²) in [7, 11) is 3.75. The first kappa shape index (κ1) is 22.4. The van der Waals surface area contributed by atoms with Gasteiger partial charge in [-0.25, -0.2) is 9.97 Å². The Morgan fingerprint density at radius 1 is 0.970 bits per heavy atom. The summed E-state index contributed by atoms with van der Waals surface area (Å²) in [6.45, 7) is 3.20. The normalized spacial score (nSPS) is 14.2. The highest BCUT2D eigenvalue weighted by Gasteiger charge is 2.26. The van der Waals surface area contributed by atoms with Crippen LogP contribution in [0.1, 0.15) is 50.9 Å². The van der Waals surface area contributed by atoms with Crippen molar-refractivity contribution in [2.24, 2.45) is 5.73 Å². The van der Waals surface area contributed by atoms with E-state index in [1.165, 1.54) is 0 Å². The Hall–Kier alpha value is -3.81. The average Bonchev–Trinajstić information content (AvgIpc) is 2.84. The summed E-state index contributed by atoms with van der Waals surface area (Å²) in [6.07, 6.45) is 5.21. The molecule has 3 aromatic rings. The van der Waals surface area contributed by atoms with E-state index in [9.17, 15) is 9.59 Å². The zero-order valence-corrected chi connectivity index (χ0v) is 19.2. The van der Waals surface area contributed by atoms with E-state index in [2.05, 4.69) is 21.0 Å². The number of nitrogens with zero attached hydrogens (tertiary/aromatic N) is 5. The first-order valence-electron chi connectivity index (χ1n) is 11.0. The third-order valence-corrected chi connectivity index (χ3v) is 6.09. The van der Waals surface area contributed by atoms with Crippen LogP contribution >= 0.6 is 0 Å². The maximum atomic E-state index is 13.0. The molecule has 0 aliphatic carbocycles. The van der Waals surface area contributed by atoms with Gasteiger partial charge in [0.15, 0.2) is 0 Å². The molecule has 4 rings (SSSR count). The van der Waals surface area contributed by atoms with E-state index in [0.717, 1.165) is 29.7 Å².